The molecule has 0 bridgehead atoms. The smallest absolute Gasteiger partial charge is 0.253 e. The van der Waals surface area contributed by atoms with Gasteiger partial charge in [-0.15, -0.1) is 0 Å². The van der Waals surface area contributed by atoms with E-state index in [1.807, 2.05) is 30.3 Å². The van der Waals surface area contributed by atoms with E-state index in [4.69, 9.17) is 0 Å². The summed E-state index contributed by atoms with van der Waals surface area (Å²) in [4.78, 5) is 13.3. The second-order valence-electron chi connectivity index (χ2n) is 4.63. The molecule has 1 atom stereocenters. The van der Waals surface area contributed by atoms with Crippen LogP contribution in [0.15, 0.2) is 54.6 Å². The monoisotopic (exact) mass is 255 g/mol. The Morgan fingerprint density at radius 1 is 0.947 bits per heavy atom. The van der Waals surface area contributed by atoms with Gasteiger partial charge in [-0.2, -0.15) is 0 Å². The second-order valence-corrected chi connectivity index (χ2v) is 4.63. The summed E-state index contributed by atoms with van der Waals surface area (Å²) in [5.74, 6) is -0.0410. The molecular formula is C16H17NO2. The molecule has 2 aromatic rings. The summed E-state index contributed by atoms with van der Waals surface area (Å²) >= 11 is 0. The van der Waals surface area contributed by atoms with Gasteiger partial charge < -0.3 is 10.0 Å². The number of hydrogen-bond donors (Lipinski definition) is 1. The van der Waals surface area contributed by atoms with E-state index in [0.717, 1.165) is 11.1 Å². The largest absolute Gasteiger partial charge is 0.384 e. The lowest BCUT2D eigenvalue weighted by Gasteiger charge is -2.13. The van der Waals surface area contributed by atoms with Crippen LogP contribution in [-0.4, -0.2) is 30.0 Å². The van der Waals surface area contributed by atoms with Crippen molar-refractivity contribution >= 4 is 5.91 Å². The summed E-state index contributed by atoms with van der Waals surface area (Å²) in [5, 5.41) is 10.2. The topological polar surface area (TPSA) is 40.5 Å². The highest BCUT2D eigenvalue weighted by Gasteiger charge is 2.12. The summed E-state index contributed by atoms with van der Waals surface area (Å²) < 4.78 is 0. The van der Waals surface area contributed by atoms with Gasteiger partial charge in [-0.3, -0.25) is 4.79 Å². The Labute approximate surface area is 113 Å². The zero-order chi connectivity index (χ0) is 13.8. The van der Waals surface area contributed by atoms with E-state index in [-0.39, 0.29) is 5.91 Å². The third-order valence-corrected chi connectivity index (χ3v) is 2.99. The minimum atomic E-state index is -0.662. The highest BCUT2D eigenvalue weighted by molar-refractivity contribution is 5.93. The van der Waals surface area contributed by atoms with Crippen LogP contribution in [0, 0.1) is 0 Å². The molecule has 0 aliphatic heterocycles. The lowest BCUT2D eigenvalue weighted by molar-refractivity contribution is 0.0827. The SMILES string of the molecule is CN(C)C(=O)c1ccc([C@H](O)c2ccccc2)cc1. The van der Waals surface area contributed by atoms with Crippen molar-refractivity contribution in [2.45, 2.75) is 6.10 Å². The van der Waals surface area contributed by atoms with Gasteiger partial charge in [0.1, 0.15) is 6.10 Å². The molecule has 1 amide bonds. The van der Waals surface area contributed by atoms with Crippen molar-refractivity contribution in [2.75, 3.05) is 14.1 Å². The fraction of sp³-hybridized carbons (Fsp3) is 0.188. The number of aliphatic hydroxyl groups is 1. The zero-order valence-corrected chi connectivity index (χ0v) is 11.1. The van der Waals surface area contributed by atoms with Crippen LogP contribution >= 0.6 is 0 Å². The quantitative estimate of drug-likeness (QED) is 0.915. The van der Waals surface area contributed by atoms with Gasteiger partial charge in [-0.05, 0) is 23.3 Å². The van der Waals surface area contributed by atoms with Crippen LogP contribution in [0.1, 0.15) is 27.6 Å². The molecule has 0 heterocycles. The number of hydrogen-bond acceptors (Lipinski definition) is 2. The van der Waals surface area contributed by atoms with E-state index in [2.05, 4.69) is 0 Å². The van der Waals surface area contributed by atoms with Gasteiger partial charge in [0, 0.05) is 19.7 Å². The molecule has 3 heteroatoms. The van der Waals surface area contributed by atoms with Crippen LogP contribution in [0.25, 0.3) is 0 Å². The maximum atomic E-state index is 11.8. The molecule has 0 unspecified atom stereocenters. The van der Waals surface area contributed by atoms with Crippen LogP contribution in [0.5, 0.6) is 0 Å². The number of carbonyl (C=O) groups excluding carboxylic acids is 1. The summed E-state index contributed by atoms with van der Waals surface area (Å²) in [6, 6.07) is 16.5. The van der Waals surface area contributed by atoms with Crippen molar-refractivity contribution in [3.05, 3.63) is 71.3 Å². The van der Waals surface area contributed by atoms with E-state index in [1.165, 1.54) is 4.90 Å². The number of amides is 1. The highest BCUT2D eigenvalue weighted by atomic mass is 16.3. The van der Waals surface area contributed by atoms with Crippen molar-refractivity contribution in [1.29, 1.82) is 0 Å². The first-order valence-corrected chi connectivity index (χ1v) is 6.14. The van der Waals surface area contributed by atoms with Gasteiger partial charge in [0.15, 0.2) is 0 Å². The predicted molar refractivity (Wildman–Crippen MR) is 75.0 cm³/mol. The molecule has 0 aliphatic rings. The van der Waals surface area contributed by atoms with Crippen LogP contribution in [0.4, 0.5) is 0 Å². The fourth-order valence-electron chi connectivity index (χ4n) is 1.89. The van der Waals surface area contributed by atoms with Crippen molar-refractivity contribution in [3.63, 3.8) is 0 Å². The summed E-state index contributed by atoms with van der Waals surface area (Å²) in [7, 11) is 3.43. The van der Waals surface area contributed by atoms with Crippen LogP contribution in [0.3, 0.4) is 0 Å². The van der Waals surface area contributed by atoms with Crippen LogP contribution in [-0.2, 0) is 0 Å². The molecule has 0 saturated carbocycles. The Balaban J connectivity index is 2.21. The average Bonchev–Trinajstić information content (AvgIpc) is 2.46. The molecule has 2 rings (SSSR count). The van der Waals surface area contributed by atoms with E-state index in [1.54, 1.807) is 38.4 Å². The van der Waals surface area contributed by atoms with E-state index >= 15 is 0 Å². The predicted octanol–water partition coefficient (Wildman–Crippen LogP) is 2.47. The standard InChI is InChI=1S/C16H17NO2/c1-17(2)16(19)14-10-8-13(9-11-14)15(18)12-6-4-3-5-7-12/h3-11,15,18H,1-2H3/t15-/m1/s1. The molecule has 19 heavy (non-hydrogen) atoms. The van der Waals surface area contributed by atoms with Gasteiger partial charge in [0.2, 0.25) is 0 Å². The van der Waals surface area contributed by atoms with Crippen molar-refractivity contribution in [2.24, 2.45) is 0 Å². The van der Waals surface area contributed by atoms with Crippen molar-refractivity contribution < 1.29 is 9.90 Å². The zero-order valence-electron chi connectivity index (χ0n) is 11.1. The van der Waals surface area contributed by atoms with Gasteiger partial charge >= 0.3 is 0 Å². The lowest BCUT2D eigenvalue weighted by atomic mass is 10.0. The molecule has 1 N–H and O–H groups in total. The Hall–Kier alpha value is -2.13. The number of benzene rings is 2. The lowest BCUT2D eigenvalue weighted by Crippen LogP contribution is -2.21. The van der Waals surface area contributed by atoms with Gasteiger partial charge in [-0.25, -0.2) is 0 Å². The molecule has 0 aliphatic carbocycles. The van der Waals surface area contributed by atoms with Crippen LogP contribution in [0.2, 0.25) is 0 Å². The molecule has 98 valence electrons. The number of nitrogens with zero attached hydrogens (tertiary/aromatic N) is 1. The number of aliphatic hydroxyl groups excluding tert-OH is 1. The van der Waals surface area contributed by atoms with Crippen molar-refractivity contribution in [3.8, 4) is 0 Å². The van der Waals surface area contributed by atoms with E-state index < -0.39 is 6.10 Å². The first-order valence-electron chi connectivity index (χ1n) is 6.14. The molecular weight excluding hydrogens is 238 g/mol. The molecule has 3 nitrogen and oxygen atoms in total. The van der Waals surface area contributed by atoms with E-state index in [9.17, 15) is 9.90 Å². The average molecular weight is 255 g/mol. The Morgan fingerprint density at radius 2 is 1.47 bits per heavy atom. The van der Waals surface area contributed by atoms with E-state index in [0.29, 0.717) is 5.56 Å². The maximum Gasteiger partial charge on any atom is 0.253 e. The Kier molecular flexibility index (Phi) is 3.97. The maximum absolute atomic E-state index is 11.8. The molecule has 0 fully saturated rings. The molecule has 0 radical (unpaired) electrons. The second kappa shape index (κ2) is 5.67. The summed E-state index contributed by atoms with van der Waals surface area (Å²) in [6.07, 6.45) is -0.662. The summed E-state index contributed by atoms with van der Waals surface area (Å²) in [5.41, 5.74) is 2.24. The van der Waals surface area contributed by atoms with Gasteiger partial charge in [-0.1, -0.05) is 42.5 Å². The summed E-state index contributed by atoms with van der Waals surface area (Å²) in [6.45, 7) is 0. The van der Waals surface area contributed by atoms with Crippen molar-refractivity contribution in [1.82, 2.24) is 4.90 Å². The minimum absolute atomic E-state index is 0.0410. The minimum Gasteiger partial charge on any atom is -0.384 e. The molecule has 0 aromatic heterocycles. The normalized spacial score (nSPS) is 11.9. The first kappa shape index (κ1) is 13.3. The molecule has 0 spiro atoms. The molecule has 0 saturated heterocycles. The number of rotatable bonds is 3. The Bertz CT molecular complexity index is 547. The van der Waals surface area contributed by atoms with Crippen LogP contribution < -0.4 is 0 Å². The highest BCUT2D eigenvalue weighted by Crippen LogP contribution is 2.21. The number of carbonyl (C=O) groups is 1. The Morgan fingerprint density at radius 3 is 2.00 bits per heavy atom. The molecule has 2 aromatic carbocycles. The third kappa shape index (κ3) is 3.01. The van der Waals surface area contributed by atoms with Gasteiger partial charge in [0.05, 0.1) is 0 Å². The fourth-order valence-corrected chi connectivity index (χ4v) is 1.89. The third-order valence-electron chi connectivity index (χ3n) is 2.99. The van der Waals surface area contributed by atoms with Gasteiger partial charge in [0.25, 0.3) is 5.91 Å². The first-order chi connectivity index (χ1) is 9.09.